The zero-order valence-electron chi connectivity index (χ0n) is 18.3. The van der Waals surface area contributed by atoms with E-state index >= 15 is 0 Å². The molecule has 0 bridgehead atoms. The van der Waals surface area contributed by atoms with E-state index in [2.05, 4.69) is 36.3 Å². The first-order chi connectivity index (χ1) is 14.9. The summed E-state index contributed by atoms with van der Waals surface area (Å²) in [4.78, 5) is 18.1. The van der Waals surface area contributed by atoms with Crippen LogP contribution in [0.4, 0.5) is 5.69 Å². The lowest BCUT2D eigenvalue weighted by Crippen LogP contribution is -2.34. The summed E-state index contributed by atoms with van der Waals surface area (Å²) in [5.41, 5.74) is 5.66. The van der Waals surface area contributed by atoms with E-state index in [9.17, 15) is 4.79 Å². The minimum absolute atomic E-state index is 0.0815. The number of hydrogen-bond acceptors (Lipinski definition) is 5. The summed E-state index contributed by atoms with van der Waals surface area (Å²) >= 11 is 0. The standard InChI is InChI=1S/C26H26N2O3/c1-26(2)13-20-25(21(29)14-26)24(17-12-15(30-3)7-10-22(17)31-4)23-16-6-5-11-27-18(16)8-9-19(23)28-20/h5-12,24,28H,13-14H2,1-4H3. The van der Waals surface area contributed by atoms with Crippen LogP contribution >= 0.6 is 0 Å². The predicted molar refractivity (Wildman–Crippen MR) is 122 cm³/mol. The zero-order valence-corrected chi connectivity index (χ0v) is 18.3. The normalized spacial score (nSPS) is 19.5. The largest absolute Gasteiger partial charge is 0.497 e. The number of aromatic nitrogens is 1. The molecule has 31 heavy (non-hydrogen) atoms. The molecular weight excluding hydrogens is 388 g/mol. The third-order valence-electron chi connectivity index (χ3n) is 6.36. The molecule has 0 saturated heterocycles. The van der Waals surface area contributed by atoms with E-state index in [0.717, 1.165) is 56.9 Å². The van der Waals surface area contributed by atoms with E-state index < -0.39 is 0 Å². The highest BCUT2D eigenvalue weighted by Gasteiger charge is 2.42. The van der Waals surface area contributed by atoms with Gasteiger partial charge in [-0.2, -0.15) is 0 Å². The molecule has 5 heteroatoms. The fourth-order valence-corrected chi connectivity index (χ4v) is 5.06. The molecule has 1 aliphatic carbocycles. The Morgan fingerprint density at radius 1 is 1.06 bits per heavy atom. The van der Waals surface area contributed by atoms with Gasteiger partial charge in [-0.3, -0.25) is 9.78 Å². The summed E-state index contributed by atoms with van der Waals surface area (Å²) in [6.45, 7) is 4.30. The van der Waals surface area contributed by atoms with Crippen LogP contribution in [-0.4, -0.2) is 25.0 Å². The number of ether oxygens (including phenoxy) is 2. The van der Waals surface area contributed by atoms with Crippen molar-refractivity contribution < 1.29 is 14.3 Å². The van der Waals surface area contributed by atoms with Crippen molar-refractivity contribution in [1.29, 1.82) is 0 Å². The molecule has 1 aliphatic heterocycles. The lowest BCUT2D eigenvalue weighted by Gasteiger charge is -2.40. The number of ketones is 1. The molecule has 3 aromatic rings. The lowest BCUT2D eigenvalue weighted by atomic mass is 9.68. The highest BCUT2D eigenvalue weighted by Crippen LogP contribution is 2.52. The monoisotopic (exact) mass is 414 g/mol. The van der Waals surface area contributed by atoms with E-state index in [1.165, 1.54) is 0 Å². The molecule has 1 N–H and O–H groups in total. The van der Waals surface area contributed by atoms with Gasteiger partial charge in [0.05, 0.1) is 19.7 Å². The summed E-state index contributed by atoms with van der Waals surface area (Å²) in [6, 6.07) is 13.9. The molecule has 0 amide bonds. The summed E-state index contributed by atoms with van der Waals surface area (Å²) < 4.78 is 11.3. The van der Waals surface area contributed by atoms with Gasteiger partial charge in [-0.1, -0.05) is 19.9 Å². The van der Waals surface area contributed by atoms with E-state index in [1.54, 1.807) is 20.4 Å². The molecule has 1 aromatic heterocycles. The molecule has 5 nitrogen and oxygen atoms in total. The topological polar surface area (TPSA) is 60.5 Å². The van der Waals surface area contributed by atoms with Crippen molar-refractivity contribution in [2.75, 3.05) is 19.5 Å². The molecule has 2 aromatic carbocycles. The quantitative estimate of drug-likeness (QED) is 0.617. The van der Waals surface area contributed by atoms with Crippen molar-refractivity contribution in [3.63, 3.8) is 0 Å². The Kier molecular flexibility index (Phi) is 4.50. The molecule has 1 unspecified atom stereocenters. The Labute approximate surface area is 182 Å². The van der Waals surface area contributed by atoms with Crippen molar-refractivity contribution in [3.8, 4) is 11.5 Å². The highest BCUT2D eigenvalue weighted by molar-refractivity contribution is 6.04. The highest BCUT2D eigenvalue weighted by atomic mass is 16.5. The number of carbonyl (C=O) groups excluding carboxylic acids is 1. The molecular formula is C26H26N2O3. The van der Waals surface area contributed by atoms with Gasteiger partial charge in [0.2, 0.25) is 0 Å². The second-order valence-electron chi connectivity index (χ2n) is 9.10. The Bertz CT molecular complexity index is 1240. The number of nitrogens with zero attached hydrogens (tertiary/aromatic N) is 1. The minimum atomic E-state index is -0.257. The molecule has 0 fully saturated rings. The average Bonchev–Trinajstić information content (AvgIpc) is 2.76. The van der Waals surface area contributed by atoms with Gasteiger partial charge < -0.3 is 14.8 Å². The van der Waals surface area contributed by atoms with Crippen LogP contribution < -0.4 is 14.8 Å². The molecule has 2 heterocycles. The third kappa shape index (κ3) is 3.16. The Hall–Kier alpha value is -3.34. The average molecular weight is 415 g/mol. The molecule has 5 rings (SSSR count). The molecule has 158 valence electrons. The van der Waals surface area contributed by atoms with Crippen molar-refractivity contribution in [2.24, 2.45) is 5.41 Å². The minimum Gasteiger partial charge on any atom is -0.497 e. The number of Topliss-reactive ketones (excluding diaryl/α,β-unsaturated/α-hetero) is 1. The number of pyridine rings is 1. The third-order valence-corrected chi connectivity index (χ3v) is 6.36. The first-order valence-corrected chi connectivity index (χ1v) is 10.5. The maximum absolute atomic E-state index is 13.5. The van der Waals surface area contributed by atoms with Crippen molar-refractivity contribution in [3.05, 3.63) is 71.1 Å². The number of anilines is 1. The van der Waals surface area contributed by atoms with Gasteiger partial charge in [0, 0.05) is 46.4 Å². The van der Waals surface area contributed by atoms with Crippen LogP contribution in [-0.2, 0) is 4.79 Å². The second-order valence-corrected chi connectivity index (χ2v) is 9.10. The van der Waals surface area contributed by atoms with E-state index in [0.29, 0.717) is 6.42 Å². The van der Waals surface area contributed by atoms with Crippen molar-refractivity contribution in [2.45, 2.75) is 32.6 Å². The van der Waals surface area contributed by atoms with Gasteiger partial charge in [-0.05, 0) is 53.8 Å². The fraction of sp³-hybridized carbons (Fsp3) is 0.308. The van der Waals surface area contributed by atoms with Gasteiger partial charge in [-0.25, -0.2) is 0 Å². The van der Waals surface area contributed by atoms with Crippen LogP contribution in [0.2, 0.25) is 0 Å². The number of fused-ring (bicyclic) bond motifs is 3. The maximum atomic E-state index is 13.5. The summed E-state index contributed by atoms with van der Waals surface area (Å²) in [7, 11) is 3.32. The molecule has 0 radical (unpaired) electrons. The van der Waals surface area contributed by atoms with E-state index in [1.807, 2.05) is 30.3 Å². The van der Waals surface area contributed by atoms with Crippen molar-refractivity contribution in [1.82, 2.24) is 4.98 Å². The number of allylic oxidation sites excluding steroid dienone is 2. The molecule has 0 saturated carbocycles. The van der Waals surface area contributed by atoms with Gasteiger partial charge in [0.25, 0.3) is 0 Å². The second kappa shape index (κ2) is 7.12. The summed E-state index contributed by atoms with van der Waals surface area (Å²) in [5, 5.41) is 4.64. The number of methoxy groups -OCH3 is 2. The van der Waals surface area contributed by atoms with Crippen molar-refractivity contribution >= 4 is 22.4 Å². The Morgan fingerprint density at radius 3 is 2.68 bits per heavy atom. The lowest BCUT2D eigenvalue weighted by molar-refractivity contribution is -0.118. The number of carbonyl (C=O) groups is 1. The summed E-state index contributed by atoms with van der Waals surface area (Å²) in [5.74, 6) is 1.40. The number of nitrogens with one attached hydrogen (secondary N) is 1. The van der Waals surface area contributed by atoms with Gasteiger partial charge in [0.1, 0.15) is 11.5 Å². The first kappa shape index (κ1) is 19.6. The van der Waals surface area contributed by atoms with Gasteiger partial charge in [-0.15, -0.1) is 0 Å². The first-order valence-electron chi connectivity index (χ1n) is 10.5. The van der Waals surface area contributed by atoms with Gasteiger partial charge >= 0.3 is 0 Å². The fourth-order valence-electron chi connectivity index (χ4n) is 5.06. The van der Waals surface area contributed by atoms with Crippen LogP contribution in [0.15, 0.2) is 59.9 Å². The zero-order chi connectivity index (χ0) is 21.8. The van der Waals surface area contributed by atoms with Crippen LogP contribution in [0.5, 0.6) is 11.5 Å². The number of benzene rings is 2. The number of rotatable bonds is 3. The van der Waals surface area contributed by atoms with E-state index in [4.69, 9.17) is 9.47 Å². The smallest absolute Gasteiger partial charge is 0.162 e. The molecule has 1 atom stereocenters. The summed E-state index contributed by atoms with van der Waals surface area (Å²) in [6.07, 6.45) is 3.14. The Balaban J connectivity index is 1.85. The van der Waals surface area contributed by atoms with Crippen LogP contribution in [0, 0.1) is 5.41 Å². The molecule has 2 aliphatic rings. The SMILES string of the molecule is COc1ccc(OC)c(C2C3=C(CC(C)(C)CC3=O)Nc3ccc4ncccc4c32)c1. The number of hydrogen-bond donors (Lipinski definition) is 1. The predicted octanol–water partition coefficient (Wildman–Crippen LogP) is 5.45. The van der Waals surface area contributed by atoms with Crippen LogP contribution in [0.1, 0.15) is 43.7 Å². The Morgan fingerprint density at radius 2 is 1.90 bits per heavy atom. The van der Waals surface area contributed by atoms with Crippen LogP contribution in [0.25, 0.3) is 10.9 Å². The molecule has 0 spiro atoms. The van der Waals surface area contributed by atoms with Gasteiger partial charge in [0.15, 0.2) is 5.78 Å². The maximum Gasteiger partial charge on any atom is 0.162 e. The van der Waals surface area contributed by atoms with E-state index in [-0.39, 0.29) is 17.1 Å². The van der Waals surface area contributed by atoms with Crippen LogP contribution in [0.3, 0.4) is 0 Å².